The zero-order valence-electron chi connectivity index (χ0n) is 15.5. The van der Waals surface area contributed by atoms with Gasteiger partial charge in [0, 0.05) is 18.4 Å². The standard InChI is InChI=1S/C21H25NO.CH5N/c1-22(20-9-8-17-4-2-3-5-18(17)14-20)19-10-12-21(13-11-19)23-15-16-6-7-16;1-2/h8-14,16H,2-7,15H2,1H3;2H2,1H3. The molecule has 0 amide bonds. The molecule has 0 bridgehead atoms. The van der Waals surface area contributed by atoms with E-state index in [0.29, 0.717) is 0 Å². The van der Waals surface area contributed by atoms with Crippen LogP contribution >= 0.6 is 0 Å². The van der Waals surface area contributed by atoms with Crippen LogP contribution in [0.1, 0.15) is 36.8 Å². The van der Waals surface area contributed by atoms with Crippen molar-refractivity contribution in [2.24, 2.45) is 11.7 Å². The summed E-state index contributed by atoms with van der Waals surface area (Å²) in [6.45, 7) is 0.875. The topological polar surface area (TPSA) is 38.5 Å². The molecule has 2 aromatic rings. The SMILES string of the molecule is CN.CN(c1ccc(OCC2CC2)cc1)c1ccc2c(c1)CCCC2. The van der Waals surface area contributed by atoms with E-state index in [1.165, 1.54) is 68.1 Å². The Morgan fingerprint density at radius 3 is 2.24 bits per heavy atom. The van der Waals surface area contributed by atoms with E-state index in [4.69, 9.17) is 4.74 Å². The molecule has 1 fully saturated rings. The van der Waals surface area contributed by atoms with Crippen LogP contribution in [0.15, 0.2) is 42.5 Å². The Kier molecular flexibility index (Phi) is 5.98. The molecule has 3 heteroatoms. The minimum Gasteiger partial charge on any atom is -0.493 e. The normalized spacial score (nSPS) is 15.6. The summed E-state index contributed by atoms with van der Waals surface area (Å²) >= 11 is 0. The summed E-state index contributed by atoms with van der Waals surface area (Å²) in [4.78, 5) is 2.26. The van der Waals surface area contributed by atoms with Crippen LogP contribution in [-0.4, -0.2) is 20.7 Å². The lowest BCUT2D eigenvalue weighted by Gasteiger charge is -2.23. The molecule has 2 aliphatic carbocycles. The maximum atomic E-state index is 5.83. The predicted molar refractivity (Wildman–Crippen MR) is 106 cm³/mol. The van der Waals surface area contributed by atoms with Crippen LogP contribution in [0.25, 0.3) is 0 Å². The van der Waals surface area contributed by atoms with Crippen LogP contribution < -0.4 is 15.4 Å². The monoisotopic (exact) mass is 338 g/mol. The number of nitrogens with two attached hydrogens (primary N) is 1. The van der Waals surface area contributed by atoms with Crippen LogP contribution in [0.2, 0.25) is 0 Å². The van der Waals surface area contributed by atoms with E-state index in [2.05, 4.69) is 60.1 Å². The van der Waals surface area contributed by atoms with Crippen LogP contribution in [-0.2, 0) is 12.8 Å². The first-order valence-corrected chi connectivity index (χ1v) is 9.46. The lowest BCUT2D eigenvalue weighted by Crippen LogP contribution is -2.11. The maximum Gasteiger partial charge on any atom is 0.119 e. The van der Waals surface area contributed by atoms with Crippen LogP contribution in [0.3, 0.4) is 0 Å². The molecule has 2 aliphatic rings. The number of nitrogens with zero attached hydrogens (tertiary/aromatic N) is 1. The number of aryl methyl sites for hydroxylation is 2. The van der Waals surface area contributed by atoms with E-state index in [0.717, 1.165) is 18.3 Å². The summed E-state index contributed by atoms with van der Waals surface area (Å²) in [5, 5.41) is 0. The third kappa shape index (κ3) is 4.55. The Labute approximate surface area is 151 Å². The quantitative estimate of drug-likeness (QED) is 0.859. The lowest BCUT2D eigenvalue weighted by atomic mass is 9.91. The molecule has 0 radical (unpaired) electrons. The molecular formula is C22H30N2O. The summed E-state index contributed by atoms with van der Waals surface area (Å²) in [5.41, 5.74) is 10.1. The van der Waals surface area contributed by atoms with E-state index in [1.54, 1.807) is 0 Å². The second kappa shape index (κ2) is 8.39. The van der Waals surface area contributed by atoms with Crippen molar-refractivity contribution in [2.75, 3.05) is 25.6 Å². The number of hydrogen-bond donors (Lipinski definition) is 1. The van der Waals surface area contributed by atoms with Gasteiger partial charge in [-0.2, -0.15) is 0 Å². The highest BCUT2D eigenvalue weighted by Gasteiger charge is 2.21. The number of rotatable bonds is 5. The fourth-order valence-corrected chi connectivity index (χ4v) is 3.34. The van der Waals surface area contributed by atoms with Gasteiger partial charge in [0.1, 0.15) is 5.75 Å². The van der Waals surface area contributed by atoms with Gasteiger partial charge >= 0.3 is 0 Å². The summed E-state index contributed by atoms with van der Waals surface area (Å²) in [5.74, 6) is 1.78. The summed E-state index contributed by atoms with van der Waals surface area (Å²) in [6, 6.07) is 15.4. The number of hydrogen-bond acceptors (Lipinski definition) is 3. The average molecular weight is 338 g/mol. The van der Waals surface area contributed by atoms with Crippen molar-refractivity contribution in [3.63, 3.8) is 0 Å². The Morgan fingerprint density at radius 1 is 0.920 bits per heavy atom. The molecule has 1 saturated carbocycles. The van der Waals surface area contributed by atoms with Crippen molar-refractivity contribution in [1.82, 2.24) is 0 Å². The van der Waals surface area contributed by atoms with Crippen molar-refractivity contribution in [3.8, 4) is 5.75 Å². The molecule has 0 heterocycles. The Balaban J connectivity index is 0.000000880. The average Bonchev–Trinajstić information content (AvgIpc) is 3.52. The zero-order chi connectivity index (χ0) is 17.6. The second-order valence-corrected chi connectivity index (χ2v) is 6.97. The van der Waals surface area contributed by atoms with Gasteiger partial charge in [-0.05, 0) is 99.0 Å². The van der Waals surface area contributed by atoms with Gasteiger partial charge in [-0.15, -0.1) is 0 Å². The van der Waals surface area contributed by atoms with Crippen molar-refractivity contribution in [2.45, 2.75) is 38.5 Å². The smallest absolute Gasteiger partial charge is 0.119 e. The van der Waals surface area contributed by atoms with E-state index in [9.17, 15) is 0 Å². The Hall–Kier alpha value is -2.00. The molecular weight excluding hydrogens is 308 g/mol. The molecule has 134 valence electrons. The highest BCUT2D eigenvalue weighted by molar-refractivity contribution is 5.64. The van der Waals surface area contributed by atoms with Crippen molar-refractivity contribution < 1.29 is 4.74 Å². The molecule has 0 aliphatic heterocycles. The first-order valence-electron chi connectivity index (χ1n) is 9.46. The molecule has 0 atom stereocenters. The van der Waals surface area contributed by atoms with Gasteiger partial charge in [0.2, 0.25) is 0 Å². The van der Waals surface area contributed by atoms with Gasteiger partial charge in [-0.1, -0.05) is 6.07 Å². The van der Waals surface area contributed by atoms with Gasteiger partial charge in [0.15, 0.2) is 0 Å². The molecule has 3 nitrogen and oxygen atoms in total. The summed E-state index contributed by atoms with van der Waals surface area (Å²) < 4.78 is 5.83. The molecule has 0 unspecified atom stereocenters. The van der Waals surface area contributed by atoms with Gasteiger partial charge < -0.3 is 15.4 Å². The first-order chi connectivity index (χ1) is 12.3. The number of ether oxygens (including phenoxy) is 1. The maximum absolute atomic E-state index is 5.83. The van der Waals surface area contributed by atoms with E-state index < -0.39 is 0 Å². The largest absolute Gasteiger partial charge is 0.493 e. The minimum atomic E-state index is 0.799. The van der Waals surface area contributed by atoms with Gasteiger partial charge in [0.05, 0.1) is 6.61 Å². The number of benzene rings is 2. The van der Waals surface area contributed by atoms with Crippen molar-refractivity contribution in [3.05, 3.63) is 53.6 Å². The number of anilines is 2. The van der Waals surface area contributed by atoms with Gasteiger partial charge in [-0.25, -0.2) is 0 Å². The summed E-state index contributed by atoms with van der Waals surface area (Å²) in [6.07, 6.45) is 7.80. The molecule has 4 rings (SSSR count). The molecule has 0 saturated heterocycles. The molecule has 0 spiro atoms. The van der Waals surface area contributed by atoms with Gasteiger partial charge in [-0.3, -0.25) is 0 Å². The van der Waals surface area contributed by atoms with Crippen molar-refractivity contribution >= 4 is 11.4 Å². The summed E-state index contributed by atoms with van der Waals surface area (Å²) in [7, 11) is 3.64. The highest BCUT2D eigenvalue weighted by Crippen LogP contribution is 2.32. The first kappa shape index (κ1) is 17.8. The minimum absolute atomic E-state index is 0.799. The van der Waals surface area contributed by atoms with Crippen molar-refractivity contribution in [1.29, 1.82) is 0 Å². The molecule has 25 heavy (non-hydrogen) atoms. The van der Waals surface area contributed by atoms with Gasteiger partial charge in [0.25, 0.3) is 0 Å². The number of fused-ring (bicyclic) bond motifs is 1. The van der Waals surface area contributed by atoms with Crippen LogP contribution in [0.5, 0.6) is 5.75 Å². The zero-order valence-corrected chi connectivity index (χ0v) is 15.5. The molecule has 0 aromatic heterocycles. The fraction of sp³-hybridized carbons (Fsp3) is 0.455. The van der Waals surface area contributed by atoms with Crippen LogP contribution in [0, 0.1) is 5.92 Å². The van der Waals surface area contributed by atoms with E-state index >= 15 is 0 Å². The Morgan fingerprint density at radius 2 is 1.56 bits per heavy atom. The predicted octanol–water partition coefficient (Wildman–Crippen LogP) is 4.70. The highest BCUT2D eigenvalue weighted by atomic mass is 16.5. The van der Waals surface area contributed by atoms with E-state index in [-0.39, 0.29) is 0 Å². The third-order valence-corrected chi connectivity index (χ3v) is 5.13. The third-order valence-electron chi connectivity index (χ3n) is 5.13. The van der Waals surface area contributed by atoms with Crippen LogP contribution in [0.4, 0.5) is 11.4 Å². The molecule has 2 N–H and O–H groups in total. The molecule has 2 aromatic carbocycles. The Bertz CT molecular complexity index is 677. The van der Waals surface area contributed by atoms with E-state index in [1.807, 2.05) is 0 Å². The lowest BCUT2D eigenvalue weighted by molar-refractivity contribution is 0.300. The fourth-order valence-electron chi connectivity index (χ4n) is 3.34. The second-order valence-electron chi connectivity index (χ2n) is 6.97.